The van der Waals surface area contributed by atoms with Gasteiger partial charge >= 0.3 is 5.97 Å². The molecule has 0 unspecified atom stereocenters. The lowest BCUT2D eigenvalue weighted by molar-refractivity contribution is -0.148. The molecule has 0 aliphatic heterocycles. The van der Waals surface area contributed by atoms with Crippen molar-refractivity contribution in [1.82, 2.24) is 0 Å². The molecule has 0 saturated heterocycles. The number of ether oxygens (including phenoxy) is 1. The van der Waals surface area contributed by atoms with E-state index in [1.54, 1.807) is 31.2 Å². The van der Waals surface area contributed by atoms with Gasteiger partial charge in [0.25, 0.3) is 5.91 Å². The monoisotopic (exact) mass is 385 g/mol. The second-order valence-corrected chi connectivity index (χ2v) is 7.02. The molecule has 0 aliphatic carbocycles. The van der Waals surface area contributed by atoms with Gasteiger partial charge in [0.2, 0.25) is 0 Å². The number of carbonyl (C=O) groups is 2. The molecule has 4 nitrogen and oxygen atoms in total. The summed E-state index contributed by atoms with van der Waals surface area (Å²) in [6.45, 7) is 7.61. The highest BCUT2D eigenvalue weighted by atomic mass is 35.5. The van der Waals surface area contributed by atoms with Gasteiger partial charge in [-0.05, 0) is 48.6 Å². The highest BCUT2D eigenvalue weighted by Gasteiger charge is 2.19. The zero-order chi connectivity index (χ0) is 20.0. The first-order chi connectivity index (χ1) is 12.8. The topological polar surface area (TPSA) is 55.4 Å². The van der Waals surface area contributed by atoms with Crippen LogP contribution in [-0.2, 0) is 14.3 Å². The van der Waals surface area contributed by atoms with E-state index in [2.05, 4.69) is 19.2 Å². The van der Waals surface area contributed by atoms with E-state index >= 15 is 0 Å². The van der Waals surface area contributed by atoms with Crippen LogP contribution in [0.3, 0.4) is 0 Å². The molecule has 2 aromatic carbocycles. The van der Waals surface area contributed by atoms with Crippen molar-refractivity contribution in [3.8, 4) is 0 Å². The molecule has 0 heterocycles. The fourth-order valence-electron chi connectivity index (χ4n) is 2.60. The quantitative estimate of drug-likeness (QED) is 0.538. The first-order valence-corrected chi connectivity index (χ1v) is 9.21. The predicted octanol–water partition coefficient (Wildman–Crippen LogP) is 5.36. The minimum atomic E-state index is -0.923. The molecular weight excluding hydrogens is 362 g/mol. The number of aryl methyl sites for hydroxylation is 1. The number of benzene rings is 2. The van der Waals surface area contributed by atoms with Gasteiger partial charge in [-0.2, -0.15) is 0 Å². The summed E-state index contributed by atoms with van der Waals surface area (Å²) in [5, 5.41) is 3.42. The maximum atomic E-state index is 12.5. The number of nitrogens with one attached hydrogen (secondary N) is 1. The molecule has 27 heavy (non-hydrogen) atoms. The SMILES string of the molecule is Cc1cccc(C(C)C)c1NC(=O)[C@H](C)OC(=O)/C=C/c1ccccc1Cl. The summed E-state index contributed by atoms with van der Waals surface area (Å²) in [4.78, 5) is 24.5. The maximum Gasteiger partial charge on any atom is 0.331 e. The van der Waals surface area contributed by atoms with E-state index in [9.17, 15) is 9.59 Å². The van der Waals surface area contributed by atoms with Crippen LogP contribution in [0.4, 0.5) is 5.69 Å². The molecule has 0 spiro atoms. The molecule has 1 atom stereocenters. The van der Waals surface area contributed by atoms with Crippen molar-refractivity contribution in [2.45, 2.75) is 39.7 Å². The van der Waals surface area contributed by atoms with Crippen molar-refractivity contribution in [2.75, 3.05) is 5.32 Å². The Hall–Kier alpha value is -2.59. The first kappa shape index (κ1) is 20.7. The Balaban J connectivity index is 2.02. The second kappa shape index (κ2) is 9.38. The zero-order valence-electron chi connectivity index (χ0n) is 16.0. The molecule has 5 heteroatoms. The first-order valence-electron chi connectivity index (χ1n) is 8.83. The summed E-state index contributed by atoms with van der Waals surface area (Å²) in [5.41, 5.74) is 3.48. The Bertz CT molecular complexity index is 858. The Labute approximate surface area is 165 Å². The number of para-hydroxylation sites is 1. The van der Waals surface area contributed by atoms with Crippen LogP contribution in [0.15, 0.2) is 48.5 Å². The van der Waals surface area contributed by atoms with Gasteiger partial charge in [0, 0.05) is 16.8 Å². The standard InChI is InChI=1S/C22H24ClNO3/c1-14(2)18-10-7-8-15(3)21(18)24-22(26)16(4)27-20(25)13-12-17-9-5-6-11-19(17)23/h5-14,16H,1-4H3,(H,24,26)/b13-12+/t16-/m0/s1. The van der Waals surface area contributed by atoms with E-state index in [0.717, 1.165) is 16.8 Å². The number of amides is 1. The van der Waals surface area contributed by atoms with E-state index in [-0.39, 0.29) is 11.8 Å². The van der Waals surface area contributed by atoms with Gasteiger partial charge in [0.1, 0.15) is 0 Å². The molecular formula is C22H24ClNO3. The van der Waals surface area contributed by atoms with E-state index in [1.165, 1.54) is 6.08 Å². The number of halogens is 1. The molecule has 2 rings (SSSR count). The van der Waals surface area contributed by atoms with Crippen LogP contribution in [0.2, 0.25) is 5.02 Å². The number of rotatable bonds is 6. The highest BCUT2D eigenvalue weighted by Crippen LogP contribution is 2.27. The van der Waals surface area contributed by atoms with Crippen molar-refractivity contribution < 1.29 is 14.3 Å². The fraction of sp³-hybridized carbons (Fsp3) is 0.273. The van der Waals surface area contributed by atoms with Crippen molar-refractivity contribution in [2.24, 2.45) is 0 Å². The molecule has 1 N–H and O–H groups in total. The molecule has 0 saturated carbocycles. The average molecular weight is 386 g/mol. The third kappa shape index (κ3) is 5.69. The van der Waals surface area contributed by atoms with Crippen molar-refractivity contribution in [1.29, 1.82) is 0 Å². The van der Waals surface area contributed by atoms with Crippen LogP contribution in [0.5, 0.6) is 0 Å². The lowest BCUT2D eigenvalue weighted by atomic mass is 9.98. The number of hydrogen-bond donors (Lipinski definition) is 1. The Morgan fingerprint density at radius 2 is 1.78 bits per heavy atom. The minimum absolute atomic E-state index is 0.261. The predicted molar refractivity (Wildman–Crippen MR) is 110 cm³/mol. The van der Waals surface area contributed by atoms with Crippen LogP contribution in [0, 0.1) is 6.92 Å². The van der Waals surface area contributed by atoms with Crippen molar-refractivity contribution in [3.05, 3.63) is 70.3 Å². The van der Waals surface area contributed by atoms with Crippen LogP contribution < -0.4 is 5.32 Å². The normalized spacial score (nSPS) is 12.2. The summed E-state index contributed by atoms with van der Waals surface area (Å²) in [6.07, 6.45) is 1.90. The van der Waals surface area contributed by atoms with Gasteiger partial charge < -0.3 is 10.1 Å². The lowest BCUT2D eigenvalue weighted by Crippen LogP contribution is -2.30. The van der Waals surface area contributed by atoms with E-state index in [1.807, 2.05) is 31.2 Å². The molecule has 0 aliphatic rings. The molecule has 1 amide bonds. The van der Waals surface area contributed by atoms with Gasteiger partial charge in [-0.3, -0.25) is 4.79 Å². The zero-order valence-corrected chi connectivity index (χ0v) is 16.7. The molecule has 142 valence electrons. The van der Waals surface area contributed by atoms with Gasteiger partial charge in [-0.25, -0.2) is 4.79 Å². The largest absolute Gasteiger partial charge is 0.449 e. The summed E-state index contributed by atoms with van der Waals surface area (Å²) in [7, 11) is 0. The summed E-state index contributed by atoms with van der Waals surface area (Å²) in [5.74, 6) is -0.714. The van der Waals surface area contributed by atoms with Gasteiger partial charge in [-0.15, -0.1) is 0 Å². The molecule has 0 radical (unpaired) electrons. The van der Waals surface area contributed by atoms with Crippen molar-refractivity contribution >= 4 is 35.2 Å². The van der Waals surface area contributed by atoms with E-state index in [4.69, 9.17) is 16.3 Å². The summed E-state index contributed by atoms with van der Waals surface area (Å²) in [6, 6.07) is 13.0. The van der Waals surface area contributed by atoms with Crippen LogP contribution in [0.25, 0.3) is 6.08 Å². The molecule has 0 bridgehead atoms. The average Bonchev–Trinajstić information content (AvgIpc) is 2.62. The van der Waals surface area contributed by atoms with Crippen LogP contribution in [-0.4, -0.2) is 18.0 Å². The number of carbonyl (C=O) groups excluding carboxylic acids is 2. The molecule has 0 aromatic heterocycles. The minimum Gasteiger partial charge on any atom is -0.449 e. The number of hydrogen-bond acceptors (Lipinski definition) is 3. The van der Waals surface area contributed by atoms with E-state index < -0.39 is 12.1 Å². The maximum absolute atomic E-state index is 12.5. The van der Waals surface area contributed by atoms with Crippen LogP contribution >= 0.6 is 11.6 Å². The van der Waals surface area contributed by atoms with E-state index in [0.29, 0.717) is 10.6 Å². The Morgan fingerprint density at radius 1 is 1.07 bits per heavy atom. The molecule has 2 aromatic rings. The molecule has 0 fully saturated rings. The van der Waals surface area contributed by atoms with Crippen LogP contribution in [0.1, 0.15) is 43.4 Å². The summed E-state index contributed by atoms with van der Waals surface area (Å²) >= 11 is 6.04. The van der Waals surface area contributed by atoms with Gasteiger partial charge in [-0.1, -0.05) is 61.8 Å². The number of anilines is 1. The van der Waals surface area contributed by atoms with Gasteiger partial charge in [0.05, 0.1) is 0 Å². The third-order valence-corrected chi connectivity index (χ3v) is 4.49. The Morgan fingerprint density at radius 3 is 2.44 bits per heavy atom. The lowest BCUT2D eigenvalue weighted by Gasteiger charge is -2.18. The second-order valence-electron chi connectivity index (χ2n) is 6.62. The van der Waals surface area contributed by atoms with Gasteiger partial charge in [0.15, 0.2) is 6.10 Å². The Kier molecular flexibility index (Phi) is 7.19. The third-order valence-electron chi connectivity index (χ3n) is 4.14. The van der Waals surface area contributed by atoms with Crippen molar-refractivity contribution in [3.63, 3.8) is 0 Å². The summed E-state index contributed by atoms with van der Waals surface area (Å²) < 4.78 is 5.21. The fourth-order valence-corrected chi connectivity index (χ4v) is 2.80. The smallest absolute Gasteiger partial charge is 0.331 e. The number of esters is 1. The highest BCUT2D eigenvalue weighted by molar-refractivity contribution is 6.32.